The summed E-state index contributed by atoms with van der Waals surface area (Å²) in [6.45, 7) is 0.371. The summed E-state index contributed by atoms with van der Waals surface area (Å²) in [5.41, 5.74) is 0. The van der Waals surface area contributed by atoms with Gasteiger partial charge in [0, 0.05) is 5.88 Å². The molecule has 0 saturated carbocycles. The van der Waals surface area contributed by atoms with Crippen molar-refractivity contribution in [3.63, 3.8) is 0 Å². The lowest BCUT2D eigenvalue weighted by Crippen LogP contribution is -2.12. The topological polar surface area (TPSA) is 29.5 Å². The summed E-state index contributed by atoms with van der Waals surface area (Å²) in [4.78, 5) is 0. The molecule has 1 aromatic rings. The molecule has 72 valence electrons. The molecule has 13 heavy (non-hydrogen) atoms. The first-order valence-electron chi connectivity index (χ1n) is 3.84. The monoisotopic (exact) mass is 220 g/mol. The molecule has 0 amide bonds. The lowest BCUT2D eigenvalue weighted by atomic mass is 10.3. The molecule has 4 heteroatoms. The maximum Gasteiger partial charge on any atom is 0.119 e. The van der Waals surface area contributed by atoms with E-state index in [9.17, 15) is 0 Å². The van der Waals surface area contributed by atoms with Gasteiger partial charge in [-0.2, -0.15) is 0 Å². The quantitative estimate of drug-likeness (QED) is 0.792. The van der Waals surface area contributed by atoms with Crippen LogP contribution >= 0.6 is 23.2 Å². The molecule has 0 aliphatic heterocycles. The third-order valence-electron chi connectivity index (χ3n) is 1.43. The second-order valence-electron chi connectivity index (χ2n) is 2.56. The summed E-state index contributed by atoms with van der Waals surface area (Å²) in [5, 5.41) is 8.79. The van der Waals surface area contributed by atoms with Gasteiger partial charge < -0.3 is 9.84 Å². The zero-order valence-corrected chi connectivity index (χ0v) is 8.42. The van der Waals surface area contributed by atoms with Gasteiger partial charge in [0.05, 0.1) is 5.38 Å². The van der Waals surface area contributed by atoms with Gasteiger partial charge in [-0.05, 0) is 24.3 Å². The molecule has 1 rings (SSSR count). The average Bonchev–Trinajstić information content (AvgIpc) is 2.16. The fourth-order valence-corrected chi connectivity index (χ4v) is 0.926. The predicted molar refractivity (Wildman–Crippen MR) is 54.0 cm³/mol. The van der Waals surface area contributed by atoms with Gasteiger partial charge in [-0.25, -0.2) is 0 Å². The first kappa shape index (κ1) is 10.5. The fraction of sp³-hybridized carbons (Fsp3) is 0.333. The molecule has 0 spiro atoms. The van der Waals surface area contributed by atoms with E-state index in [1.165, 1.54) is 0 Å². The number of phenols is 1. The van der Waals surface area contributed by atoms with Crippen molar-refractivity contribution in [2.24, 2.45) is 0 Å². The molecular weight excluding hydrogens is 211 g/mol. The molecule has 1 N–H and O–H groups in total. The van der Waals surface area contributed by atoms with Gasteiger partial charge in [-0.15, -0.1) is 23.2 Å². The first-order valence-corrected chi connectivity index (χ1v) is 4.81. The van der Waals surface area contributed by atoms with Crippen molar-refractivity contribution in [2.75, 3.05) is 12.5 Å². The third-order valence-corrected chi connectivity index (χ3v) is 2.25. The minimum absolute atomic E-state index is 0.185. The zero-order valence-electron chi connectivity index (χ0n) is 6.91. The van der Waals surface area contributed by atoms with Crippen molar-refractivity contribution >= 4 is 23.2 Å². The van der Waals surface area contributed by atoms with Crippen LogP contribution in [0.1, 0.15) is 0 Å². The van der Waals surface area contributed by atoms with E-state index in [0.717, 1.165) is 0 Å². The highest BCUT2D eigenvalue weighted by molar-refractivity contribution is 6.28. The highest BCUT2D eigenvalue weighted by atomic mass is 35.5. The number of halogens is 2. The Bertz CT molecular complexity index is 248. The second kappa shape index (κ2) is 5.20. The molecule has 0 aromatic heterocycles. The van der Waals surface area contributed by atoms with Crippen LogP contribution in [0.5, 0.6) is 11.5 Å². The number of hydrogen-bond donors (Lipinski definition) is 1. The van der Waals surface area contributed by atoms with Crippen LogP contribution in [-0.2, 0) is 0 Å². The smallest absolute Gasteiger partial charge is 0.119 e. The number of alkyl halides is 2. The van der Waals surface area contributed by atoms with E-state index < -0.39 is 0 Å². The van der Waals surface area contributed by atoms with Gasteiger partial charge in [-0.1, -0.05) is 0 Å². The van der Waals surface area contributed by atoms with Crippen LogP contribution in [-0.4, -0.2) is 23.0 Å². The van der Waals surface area contributed by atoms with Gasteiger partial charge in [0.1, 0.15) is 18.1 Å². The van der Waals surface area contributed by atoms with Crippen LogP contribution in [0, 0.1) is 0 Å². The first-order chi connectivity index (χ1) is 6.22. The maximum absolute atomic E-state index is 8.98. The summed E-state index contributed by atoms with van der Waals surface area (Å²) in [5.74, 6) is 1.25. The van der Waals surface area contributed by atoms with Crippen LogP contribution in [0.4, 0.5) is 0 Å². The summed E-state index contributed by atoms with van der Waals surface area (Å²) in [7, 11) is 0. The number of benzene rings is 1. The van der Waals surface area contributed by atoms with Gasteiger partial charge in [-0.3, -0.25) is 0 Å². The minimum Gasteiger partial charge on any atom is -0.508 e. The minimum atomic E-state index is -0.185. The number of hydrogen-bond acceptors (Lipinski definition) is 2. The molecule has 1 unspecified atom stereocenters. The molecule has 2 nitrogen and oxygen atoms in total. The molecule has 0 heterocycles. The van der Waals surface area contributed by atoms with E-state index in [4.69, 9.17) is 33.0 Å². The Labute approximate surface area is 87.0 Å². The number of phenolic OH excluding ortho intramolecular Hbond substituents is 1. The Hall–Kier alpha value is -0.600. The Kier molecular flexibility index (Phi) is 4.19. The largest absolute Gasteiger partial charge is 0.508 e. The normalized spacial score (nSPS) is 12.5. The molecule has 0 bridgehead atoms. The van der Waals surface area contributed by atoms with Crippen molar-refractivity contribution < 1.29 is 9.84 Å². The van der Waals surface area contributed by atoms with E-state index in [1.807, 2.05) is 0 Å². The van der Waals surface area contributed by atoms with Gasteiger partial charge in [0.15, 0.2) is 0 Å². The summed E-state index contributed by atoms with van der Waals surface area (Å²) in [6.07, 6.45) is 0. The molecule has 0 aliphatic carbocycles. The number of ether oxygens (including phenoxy) is 1. The van der Waals surface area contributed by atoms with E-state index >= 15 is 0 Å². The standard InChI is InChI=1S/C9H10Cl2O2/c10-5-7(11)6-13-9-3-1-8(12)2-4-9/h1-4,7,12H,5-6H2. The van der Waals surface area contributed by atoms with E-state index in [0.29, 0.717) is 18.2 Å². The second-order valence-corrected chi connectivity index (χ2v) is 3.48. The van der Waals surface area contributed by atoms with Crippen LogP contribution in [0.3, 0.4) is 0 Å². The van der Waals surface area contributed by atoms with Crippen molar-refractivity contribution in [3.8, 4) is 11.5 Å². The number of aromatic hydroxyl groups is 1. The molecule has 0 radical (unpaired) electrons. The Morgan fingerprint density at radius 1 is 1.31 bits per heavy atom. The van der Waals surface area contributed by atoms with E-state index in [-0.39, 0.29) is 11.1 Å². The van der Waals surface area contributed by atoms with E-state index in [1.54, 1.807) is 24.3 Å². The fourth-order valence-electron chi connectivity index (χ4n) is 0.774. The van der Waals surface area contributed by atoms with Crippen LogP contribution in [0.25, 0.3) is 0 Å². The Morgan fingerprint density at radius 2 is 1.92 bits per heavy atom. The Morgan fingerprint density at radius 3 is 2.46 bits per heavy atom. The lowest BCUT2D eigenvalue weighted by molar-refractivity contribution is 0.320. The van der Waals surface area contributed by atoms with Crippen molar-refractivity contribution in [2.45, 2.75) is 5.38 Å². The summed E-state index contributed by atoms with van der Waals surface area (Å²) >= 11 is 11.2. The van der Waals surface area contributed by atoms with Crippen LogP contribution < -0.4 is 4.74 Å². The number of rotatable bonds is 4. The molecule has 0 aliphatic rings. The highest BCUT2D eigenvalue weighted by Gasteiger charge is 2.02. The summed E-state index contributed by atoms with van der Waals surface area (Å²) in [6, 6.07) is 6.46. The molecular formula is C9H10Cl2O2. The zero-order chi connectivity index (χ0) is 9.68. The average molecular weight is 221 g/mol. The highest BCUT2D eigenvalue weighted by Crippen LogP contribution is 2.16. The van der Waals surface area contributed by atoms with E-state index in [2.05, 4.69) is 0 Å². The van der Waals surface area contributed by atoms with Gasteiger partial charge in [0.2, 0.25) is 0 Å². The van der Waals surface area contributed by atoms with Crippen molar-refractivity contribution in [1.82, 2.24) is 0 Å². The SMILES string of the molecule is Oc1ccc(OCC(Cl)CCl)cc1. The van der Waals surface area contributed by atoms with Gasteiger partial charge >= 0.3 is 0 Å². The predicted octanol–water partition coefficient (Wildman–Crippen LogP) is 2.62. The van der Waals surface area contributed by atoms with Gasteiger partial charge in [0.25, 0.3) is 0 Å². The van der Waals surface area contributed by atoms with Crippen LogP contribution in [0.2, 0.25) is 0 Å². The van der Waals surface area contributed by atoms with Crippen molar-refractivity contribution in [3.05, 3.63) is 24.3 Å². The van der Waals surface area contributed by atoms with Crippen LogP contribution in [0.15, 0.2) is 24.3 Å². The summed E-state index contributed by atoms with van der Waals surface area (Å²) < 4.78 is 5.29. The Balaban J connectivity index is 2.41. The molecule has 1 aromatic carbocycles. The molecule has 0 fully saturated rings. The molecule has 1 atom stereocenters. The maximum atomic E-state index is 8.98. The molecule has 0 saturated heterocycles. The third kappa shape index (κ3) is 3.75. The lowest BCUT2D eigenvalue weighted by Gasteiger charge is -2.08. The van der Waals surface area contributed by atoms with Crippen molar-refractivity contribution in [1.29, 1.82) is 0 Å².